The number of rotatable bonds is 8. The van der Waals surface area contributed by atoms with Crippen LogP contribution in [-0.2, 0) is 0 Å². The van der Waals surface area contributed by atoms with Gasteiger partial charge in [-0.3, -0.25) is 4.79 Å². The van der Waals surface area contributed by atoms with Gasteiger partial charge in [-0.2, -0.15) is 0 Å². The maximum Gasteiger partial charge on any atom is 0.173 e. The molecule has 0 amide bonds. The molecule has 0 bridgehead atoms. The lowest BCUT2D eigenvalue weighted by Gasteiger charge is -2.12. The Kier molecular flexibility index (Phi) is 6.99. The summed E-state index contributed by atoms with van der Waals surface area (Å²) in [5, 5.41) is 15.7. The van der Waals surface area contributed by atoms with Crippen LogP contribution in [0.3, 0.4) is 0 Å². The van der Waals surface area contributed by atoms with Crippen LogP contribution in [-0.4, -0.2) is 10.9 Å². The van der Waals surface area contributed by atoms with Crippen molar-refractivity contribution in [1.29, 1.82) is 0 Å². The number of fused-ring (bicyclic) bond motifs is 1. The Morgan fingerprint density at radius 1 is 0.778 bits per heavy atom. The summed E-state index contributed by atoms with van der Waals surface area (Å²) in [5.41, 5.74) is 5.02. The first-order valence-corrected chi connectivity index (χ1v) is 13.0. The number of carbonyl (C=O) groups is 1. The van der Waals surface area contributed by atoms with Crippen molar-refractivity contribution < 1.29 is 9.90 Å². The fraction of sp³-hybridized carbons (Fsp3) is 0.156. The molecular formula is C32H29NO2S. The van der Waals surface area contributed by atoms with Gasteiger partial charge in [-0.1, -0.05) is 73.7 Å². The van der Waals surface area contributed by atoms with Crippen LogP contribution in [0.5, 0.6) is 0 Å². The van der Waals surface area contributed by atoms with E-state index in [-0.39, 0.29) is 11.7 Å². The van der Waals surface area contributed by atoms with Crippen LogP contribution in [0.15, 0.2) is 103 Å². The van der Waals surface area contributed by atoms with E-state index in [9.17, 15) is 9.90 Å². The molecule has 5 rings (SSSR count). The average Bonchev–Trinajstić information content (AvgIpc) is 3.39. The van der Waals surface area contributed by atoms with Gasteiger partial charge in [0.15, 0.2) is 5.78 Å². The number of benzene rings is 4. The van der Waals surface area contributed by atoms with Crippen LogP contribution in [0.25, 0.3) is 21.2 Å². The van der Waals surface area contributed by atoms with Crippen molar-refractivity contribution in [3.05, 3.63) is 119 Å². The van der Waals surface area contributed by atoms with Crippen LogP contribution in [0.2, 0.25) is 0 Å². The summed E-state index contributed by atoms with van der Waals surface area (Å²) in [4.78, 5) is 15.0. The summed E-state index contributed by atoms with van der Waals surface area (Å²) in [6.45, 7) is 3.89. The SMILES string of the molecule is CC(O)c1cccc(Nc2cccc(-c3ccc(C(=O)C[C@H](C)c4ccc5ccccc5c4)s3)c2)c1. The van der Waals surface area contributed by atoms with E-state index in [2.05, 4.69) is 54.7 Å². The first kappa shape index (κ1) is 24.0. The van der Waals surface area contributed by atoms with Gasteiger partial charge < -0.3 is 10.4 Å². The number of anilines is 2. The van der Waals surface area contributed by atoms with E-state index in [0.29, 0.717) is 6.42 Å². The molecule has 0 aliphatic carbocycles. The third-order valence-corrected chi connectivity index (χ3v) is 7.70. The monoisotopic (exact) mass is 491 g/mol. The van der Waals surface area contributed by atoms with Gasteiger partial charge >= 0.3 is 0 Å². The molecule has 0 fully saturated rings. The molecule has 1 unspecified atom stereocenters. The summed E-state index contributed by atoms with van der Waals surface area (Å²) in [6.07, 6.45) is -0.0245. The highest BCUT2D eigenvalue weighted by Gasteiger charge is 2.16. The Balaban J connectivity index is 1.29. The van der Waals surface area contributed by atoms with Gasteiger partial charge in [0, 0.05) is 22.7 Å². The maximum absolute atomic E-state index is 13.1. The summed E-state index contributed by atoms with van der Waals surface area (Å²) in [7, 11) is 0. The van der Waals surface area contributed by atoms with Crippen molar-refractivity contribution in [3.63, 3.8) is 0 Å². The standard InChI is InChI=1S/C32H29NO2S/c1-21(24-14-13-23-7-3-4-8-26(23)18-24)17-30(35)32-16-15-31(36-32)27-10-6-12-29(20-27)33-28-11-5-9-25(19-28)22(2)34/h3-16,18-22,33-34H,17H2,1-2H3/t21-,22?/m0/s1. The van der Waals surface area contributed by atoms with E-state index in [1.165, 1.54) is 16.3 Å². The third-order valence-electron chi connectivity index (χ3n) is 6.52. The highest BCUT2D eigenvalue weighted by atomic mass is 32.1. The van der Waals surface area contributed by atoms with Crippen LogP contribution >= 0.6 is 11.3 Å². The minimum Gasteiger partial charge on any atom is -0.389 e. The summed E-state index contributed by atoms with van der Waals surface area (Å²) in [5.74, 6) is 0.328. The molecule has 0 aliphatic heterocycles. The highest BCUT2D eigenvalue weighted by Crippen LogP contribution is 2.33. The summed E-state index contributed by atoms with van der Waals surface area (Å²) < 4.78 is 0. The molecule has 5 aromatic rings. The normalized spacial score (nSPS) is 12.9. The zero-order chi connectivity index (χ0) is 25.1. The van der Waals surface area contributed by atoms with Gasteiger partial charge in [-0.25, -0.2) is 0 Å². The predicted molar refractivity (Wildman–Crippen MR) is 151 cm³/mol. The van der Waals surface area contributed by atoms with Crippen molar-refractivity contribution in [1.82, 2.24) is 0 Å². The Hall–Kier alpha value is -3.73. The molecular weight excluding hydrogens is 462 g/mol. The van der Waals surface area contributed by atoms with Crippen LogP contribution < -0.4 is 5.32 Å². The van der Waals surface area contributed by atoms with E-state index >= 15 is 0 Å². The van der Waals surface area contributed by atoms with E-state index in [1.807, 2.05) is 60.7 Å². The number of thiophene rings is 1. The van der Waals surface area contributed by atoms with Gasteiger partial charge in [-0.05, 0) is 76.7 Å². The van der Waals surface area contributed by atoms with Crippen molar-refractivity contribution >= 4 is 39.3 Å². The number of nitrogens with one attached hydrogen (secondary N) is 1. The van der Waals surface area contributed by atoms with Crippen LogP contribution in [0, 0.1) is 0 Å². The maximum atomic E-state index is 13.1. The van der Waals surface area contributed by atoms with Gasteiger partial charge in [0.25, 0.3) is 0 Å². The lowest BCUT2D eigenvalue weighted by molar-refractivity contribution is 0.0979. The third kappa shape index (κ3) is 5.40. The minimum atomic E-state index is -0.510. The Bertz CT molecular complexity index is 1520. The molecule has 0 saturated carbocycles. The molecule has 2 atom stereocenters. The number of aliphatic hydroxyl groups is 1. The average molecular weight is 492 g/mol. The van der Waals surface area contributed by atoms with E-state index in [1.54, 1.807) is 18.3 Å². The fourth-order valence-electron chi connectivity index (χ4n) is 4.45. The van der Waals surface area contributed by atoms with E-state index in [0.717, 1.165) is 32.3 Å². The number of ketones is 1. The van der Waals surface area contributed by atoms with Crippen molar-refractivity contribution in [2.45, 2.75) is 32.3 Å². The molecule has 4 heteroatoms. The van der Waals surface area contributed by atoms with E-state index in [4.69, 9.17) is 0 Å². The summed E-state index contributed by atoms with van der Waals surface area (Å²) >= 11 is 1.54. The second-order valence-corrected chi connectivity index (χ2v) is 10.4. The summed E-state index contributed by atoms with van der Waals surface area (Å²) in [6, 6.07) is 34.7. The number of Topliss-reactive ketones (excluding diaryl/α,β-unsaturated/α-hetero) is 1. The molecule has 0 aliphatic rings. The number of hydrogen-bond acceptors (Lipinski definition) is 4. The lowest BCUT2D eigenvalue weighted by Crippen LogP contribution is -2.03. The van der Waals surface area contributed by atoms with Gasteiger partial charge in [0.2, 0.25) is 0 Å². The quantitative estimate of drug-likeness (QED) is 0.213. The molecule has 36 heavy (non-hydrogen) atoms. The Morgan fingerprint density at radius 3 is 2.33 bits per heavy atom. The van der Waals surface area contributed by atoms with Crippen molar-refractivity contribution in [3.8, 4) is 10.4 Å². The molecule has 1 aromatic heterocycles. The topological polar surface area (TPSA) is 49.3 Å². The second-order valence-electron chi connectivity index (χ2n) is 9.31. The first-order valence-electron chi connectivity index (χ1n) is 12.2. The Labute approximate surface area is 216 Å². The minimum absolute atomic E-state index is 0.151. The molecule has 0 saturated heterocycles. The van der Waals surface area contributed by atoms with Crippen molar-refractivity contribution in [2.75, 3.05) is 5.32 Å². The van der Waals surface area contributed by atoms with Crippen LogP contribution in [0.4, 0.5) is 11.4 Å². The molecule has 2 N–H and O–H groups in total. The second kappa shape index (κ2) is 10.5. The fourth-order valence-corrected chi connectivity index (χ4v) is 5.40. The van der Waals surface area contributed by atoms with Gasteiger partial charge in [0.1, 0.15) is 0 Å². The zero-order valence-corrected chi connectivity index (χ0v) is 21.3. The molecule has 0 spiro atoms. The molecule has 0 radical (unpaired) electrons. The Morgan fingerprint density at radius 2 is 1.53 bits per heavy atom. The van der Waals surface area contributed by atoms with Crippen LogP contribution in [0.1, 0.15) is 53.1 Å². The number of carbonyl (C=O) groups excluding carboxylic acids is 1. The van der Waals surface area contributed by atoms with Gasteiger partial charge in [-0.15, -0.1) is 11.3 Å². The van der Waals surface area contributed by atoms with E-state index < -0.39 is 6.10 Å². The smallest absolute Gasteiger partial charge is 0.173 e. The lowest BCUT2D eigenvalue weighted by atomic mass is 9.93. The zero-order valence-electron chi connectivity index (χ0n) is 20.4. The number of aliphatic hydroxyl groups excluding tert-OH is 1. The molecule has 1 heterocycles. The number of hydrogen-bond donors (Lipinski definition) is 2. The van der Waals surface area contributed by atoms with Gasteiger partial charge in [0.05, 0.1) is 11.0 Å². The molecule has 3 nitrogen and oxygen atoms in total. The van der Waals surface area contributed by atoms with Crippen molar-refractivity contribution in [2.24, 2.45) is 0 Å². The largest absolute Gasteiger partial charge is 0.389 e. The highest BCUT2D eigenvalue weighted by molar-refractivity contribution is 7.17. The molecule has 4 aromatic carbocycles. The molecule has 180 valence electrons. The first-order chi connectivity index (χ1) is 17.5. The predicted octanol–water partition coefficient (Wildman–Crippen LogP) is 8.74.